The Hall–Kier alpha value is -0.650. The standard InChI is InChI=1S/C14H18N2OS2/c1-18-12-5-3-2-4-11(12)15-13-16-14(10-19-13)6-8-17-9-7-14/h2-5H,6-10H2,1H3,(H,15,16). The van der Waals surface area contributed by atoms with E-state index in [4.69, 9.17) is 9.73 Å². The monoisotopic (exact) mass is 294 g/mol. The van der Waals surface area contributed by atoms with Crippen molar-refractivity contribution < 1.29 is 4.74 Å². The number of hydrogen-bond donors (Lipinski definition) is 1. The van der Waals surface area contributed by atoms with Crippen LogP contribution in [-0.2, 0) is 4.74 Å². The Morgan fingerprint density at radius 2 is 2.11 bits per heavy atom. The molecule has 1 saturated heterocycles. The fourth-order valence-corrected chi connectivity index (χ4v) is 4.17. The molecule has 0 aliphatic carbocycles. The van der Waals surface area contributed by atoms with Gasteiger partial charge in [-0.2, -0.15) is 0 Å². The first-order valence-electron chi connectivity index (χ1n) is 6.52. The van der Waals surface area contributed by atoms with Gasteiger partial charge in [-0.15, -0.1) is 11.8 Å². The van der Waals surface area contributed by atoms with Crippen LogP contribution in [0.4, 0.5) is 5.69 Å². The van der Waals surface area contributed by atoms with Crippen molar-refractivity contribution in [3.05, 3.63) is 24.3 Å². The molecule has 1 fully saturated rings. The molecule has 1 N–H and O–H groups in total. The SMILES string of the molecule is CSc1ccccc1NC1=NC2(CCOCC2)CS1. The van der Waals surface area contributed by atoms with E-state index in [-0.39, 0.29) is 5.54 Å². The third-order valence-corrected chi connectivity index (χ3v) is 5.53. The van der Waals surface area contributed by atoms with Crippen molar-refractivity contribution in [2.75, 3.05) is 30.5 Å². The normalized spacial score (nSPS) is 21.4. The number of amidine groups is 1. The van der Waals surface area contributed by atoms with Crippen molar-refractivity contribution >= 4 is 34.4 Å². The number of nitrogens with one attached hydrogen (secondary N) is 1. The van der Waals surface area contributed by atoms with Gasteiger partial charge >= 0.3 is 0 Å². The van der Waals surface area contributed by atoms with Gasteiger partial charge in [0.05, 0.1) is 11.2 Å². The van der Waals surface area contributed by atoms with E-state index in [2.05, 4.69) is 35.8 Å². The molecule has 3 nitrogen and oxygen atoms in total. The minimum absolute atomic E-state index is 0.125. The van der Waals surface area contributed by atoms with Crippen molar-refractivity contribution in [3.8, 4) is 0 Å². The molecule has 1 aromatic carbocycles. The van der Waals surface area contributed by atoms with Crippen LogP contribution in [0.1, 0.15) is 12.8 Å². The second-order valence-electron chi connectivity index (χ2n) is 4.87. The summed E-state index contributed by atoms with van der Waals surface area (Å²) in [5.74, 6) is 1.08. The van der Waals surface area contributed by atoms with Crippen molar-refractivity contribution in [1.82, 2.24) is 0 Å². The molecular formula is C14H18N2OS2. The lowest BCUT2D eigenvalue weighted by Gasteiger charge is -2.29. The lowest BCUT2D eigenvalue weighted by Crippen LogP contribution is -2.34. The number of hydrogen-bond acceptors (Lipinski definition) is 5. The Kier molecular flexibility index (Phi) is 4.05. The van der Waals surface area contributed by atoms with E-state index in [1.54, 1.807) is 11.8 Å². The molecular weight excluding hydrogens is 276 g/mol. The molecule has 0 bridgehead atoms. The van der Waals surface area contributed by atoms with Crippen molar-refractivity contribution in [2.45, 2.75) is 23.3 Å². The van der Waals surface area contributed by atoms with Crippen LogP contribution >= 0.6 is 23.5 Å². The highest BCUT2D eigenvalue weighted by atomic mass is 32.2. The molecule has 19 heavy (non-hydrogen) atoms. The van der Waals surface area contributed by atoms with E-state index in [1.807, 2.05) is 11.8 Å². The van der Waals surface area contributed by atoms with Gasteiger partial charge in [0.15, 0.2) is 5.17 Å². The van der Waals surface area contributed by atoms with Crippen LogP contribution in [0.15, 0.2) is 34.2 Å². The van der Waals surface area contributed by atoms with Crippen molar-refractivity contribution in [1.29, 1.82) is 0 Å². The Bertz CT molecular complexity index is 484. The second-order valence-corrected chi connectivity index (χ2v) is 6.68. The summed E-state index contributed by atoms with van der Waals surface area (Å²) in [6, 6.07) is 8.38. The van der Waals surface area contributed by atoms with Gasteiger partial charge in [-0.05, 0) is 31.2 Å². The molecule has 1 spiro atoms. The predicted molar refractivity (Wildman–Crippen MR) is 84.5 cm³/mol. The highest BCUT2D eigenvalue weighted by Crippen LogP contribution is 2.37. The van der Waals surface area contributed by atoms with Crippen LogP contribution in [0.3, 0.4) is 0 Å². The smallest absolute Gasteiger partial charge is 0.161 e. The quantitative estimate of drug-likeness (QED) is 0.847. The van der Waals surface area contributed by atoms with E-state index in [0.29, 0.717) is 0 Å². The Balaban J connectivity index is 1.75. The van der Waals surface area contributed by atoms with Crippen molar-refractivity contribution in [3.63, 3.8) is 0 Å². The molecule has 0 radical (unpaired) electrons. The van der Waals surface area contributed by atoms with E-state index in [0.717, 1.165) is 42.7 Å². The zero-order valence-electron chi connectivity index (χ0n) is 11.0. The minimum Gasteiger partial charge on any atom is -0.381 e. The highest BCUT2D eigenvalue weighted by molar-refractivity contribution is 8.14. The summed E-state index contributed by atoms with van der Waals surface area (Å²) in [7, 11) is 0. The van der Waals surface area contributed by atoms with Crippen LogP contribution in [0.2, 0.25) is 0 Å². The summed E-state index contributed by atoms with van der Waals surface area (Å²) < 4.78 is 5.44. The Morgan fingerprint density at radius 3 is 2.89 bits per heavy atom. The number of ether oxygens (including phenoxy) is 1. The summed E-state index contributed by atoms with van der Waals surface area (Å²) in [5, 5.41) is 4.54. The molecule has 2 heterocycles. The van der Waals surface area contributed by atoms with Gasteiger partial charge < -0.3 is 10.1 Å². The predicted octanol–water partition coefficient (Wildman–Crippen LogP) is 3.47. The van der Waals surface area contributed by atoms with Gasteiger partial charge in [-0.1, -0.05) is 23.9 Å². The number of para-hydroxylation sites is 1. The number of aliphatic imine (C=N–C) groups is 1. The van der Waals surface area contributed by atoms with Crippen LogP contribution in [0, 0.1) is 0 Å². The lowest BCUT2D eigenvalue weighted by molar-refractivity contribution is 0.0624. The molecule has 5 heteroatoms. The molecule has 0 saturated carbocycles. The third-order valence-electron chi connectivity index (χ3n) is 3.59. The average molecular weight is 294 g/mol. The molecule has 1 aromatic rings. The van der Waals surface area contributed by atoms with Gasteiger partial charge in [0.2, 0.25) is 0 Å². The fourth-order valence-electron chi connectivity index (χ4n) is 2.42. The fraction of sp³-hybridized carbons (Fsp3) is 0.500. The topological polar surface area (TPSA) is 33.6 Å². The summed E-state index contributed by atoms with van der Waals surface area (Å²) in [5.41, 5.74) is 1.28. The number of benzene rings is 1. The maximum atomic E-state index is 5.44. The Labute approximate surface area is 122 Å². The first kappa shape index (κ1) is 13.3. The largest absolute Gasteiger partial charge is 0.381 e. The van der Waals surface area contributed by atoms with Crippen LogP contribution < -0.4 is 5.32 Å². The maximum Gasteiger partial charge on any atom is 0.161 e. The molecule has 102 valence electrons. The van der Waals surface area contributed by atoms with E-state index in [1.165, 1.54) is 4.90 Å². The molecule has 0 amide bonds. The summed E-state index contributed by atoms with van der Waals surface area (Å²) in [6.07, 6.45) is 4.20. The minimum atomic E-state index is 0.125. The first-order valence-corrected chi connectivity index (χ1v) is 8.73. The molecule has 0 atom stereocenters. The summed E-state index contributed by atoms with van der Waals surface area (Å²) in [4.78, 5) is 6.19. The number of rotatable bonds is 2. The Morgan fingerprint density at radius 1 is 1.32 bits per heavy atom. The van der Waals surface area contributed by atoms with Gasteiger partial charge in [-0.3, -0.25) is 4.99 Å². The summed E-state index contributed by atoms with van der Waals surface area (Å²) in [6.45, 7) is 1.69. The number of anilines is 1. The maximum absolute atomic E-state index is 5.44. The first-order chi connectivity index (χ1) is 9.31. The molecule has 0 unspecified atom stereocenters. The lowest BCUT2D eigenvalue weighted by atomic mass is 9.93. The third kappa shape index (κ3) is 2.93. The van der Waals surface area contributed by atoms with Gasteiger partial charge in [0, 0.05) is 23.9 Å². The van der Waals surface area contributed by atoms with Gasteiger partial charge in [0.1, 0.15) is 0 Å². The van der Waals surface area contributed by atoms with E-state index < -0.39 is 0 Å². The van der Waals surface area contributed by atoms with Crippen LogP contribution in [0.25, 0.3) is 0 Å². The molecule has 0 aromatic heterocycles. The van der Waals surface area contributed by atoms with Gasteiger partial charge in [-0.25, -0.2) is 0 Å². The highest BCUT2D eigenvalue weighted by Gasteiger charge is 2.37. The van der Waals surface area contributed by atoms with E-state index >= 15 is 0 Å². The number of thioether (sulfide) groups is 2. The van der Waals surface area contributed by atoms with E-state index in [9.17, 15) is 0 Å². The van der Waals surface area contributed by atoms with Gasteiger partial charge in [0.25, 0.3) is 0 Å². The van der Waals surface area contributed by atoms with Crippen LogP contribution in [0.5, 0.6) is 0 Å². The zero-order chi connectivity index (χ0) is 13.1. The summed E-state index contributed by atoms with van der Waals surface area (Å²) >= 11 is 3.59. The molecule has 2 aliphatic heterocycles. The second kappa shape index (κ2) is 5.77. The zero-order valence-corrected chi connectivity index (χ0v) is 12.6. The van der Waals surface area contributed by atoms with Crippen molar-refractivity contribution in [2.24, 2.45) is 4.99 Å². The van der Waals surface area contributed by atoms with Crippen LogP contribution in [-0.4, -0.2) is 35.9 Å². The molecule has 3 rings (SSSR count). The molecule has 2 aliphatic rings. The number of nitrogens with zero attached hydrogens (tertiary/aromatic N) is 1. The average Bonchev–Trinajstić information content (AvgIpc) is 2.83.